The minimum Gasteiger partial charge on any atom is -0.325 e. The average molecular weight is 285 g/mol. The predicted octanol–water partition coefficient (Wildman–Crippen LogP) is 0.872. The zero-order valence-electron chi connectivity index (χ0n) is 11.6. The lowest BCUT2D eigenvalue weighted by atomic mass is 10.2. The number of carbonyl (C=O) groups is 1. The van der Waals surface area contributed by atoms with Crippen LogP contribution in [0.3, 0.4) is 0 Å². The van der Waals surface area contributed by atoms with Gasteiger partial charge in [0.05, 0.1) is 11.3 Å². The van der Waals surface area contributed by atoms with Crippen molar-refractivity contribution in [2.75, 3.05) is 5.32 Å². The molecule has 0 atom stereocenters. The van der Waals surface area contributed by atoms with Gasteiger partial charge in [-0.1, -0.05) is 12.1 Å². The Morgan fingerprint density at radius 2 is 2.19 bits per heavy atom. The van der Waals surface area contributed by atoms with Crippen molar-refractivity contribution in [2.45, 2.75) is 19.4 Å². The van der Waals surface area contributed by atoms with Gasteiger partial charge < -0.3 is 5.32 Å². The Balaban J connectivity index is 1.87. The highest BCUT2D eigenvalue weighted by molar-refractivity contribution is 5.92. The van der Waals surface area contributed by atoms with Gasteiger partial charge in [0.1, 0.15) is 12.4 Å². The van der Waals surface area contributed by atoms with E-state index in [4.69, 9.17) is 5.26 Å². The second-order valence-corrected chi connectivity index (χ2v) is 4.56. The maximum absolute atomic E-state index is 11.8. The van der Waals surface area contributed by atoms with E-state index in [1.165, 1.54) is 15.6 Å². The third-order valence-electron chi connectivity index (χ3n) is 2.98. The summed E-state index contributed by atoms with van der Waals surface area (Å²) in [4.78, 5) is 23.4. The fourth-order valence-electron chi connectivity index (χ4n) is 1.87. The molecule has 1 heterocycles. The van der Waals surface area contributed by atoms with Crippen LogP contribution >= 0.6 is 0 Å². The standard InChI is InChI=1S/C14H15N5O2/c1-18-10-16-19(14(18)21)8-4-7-13(20)17-12-6-3-2-5-11(12)9-15/h2-3,5-6,10H,4,7-8H2,1H3,(H,17,20). The Morgan fingerprint density at radius 1 is 1.43 bits per heavy atom. The summed E-state index contributed by atoms with van der Waals surface area (Å²) in [6, 6.07) is 8.83. The van der Waals surface area contributed by atoms with E-state index in [0.29, 0.717) is 24.2 Å². The fourth-order valence-corrected chi connectivity index (χ4v) is 1.87. The maximum atomic E-state index is 11.8. The van der Waals surface area contributed by atoms with Gasteiger partial charge in [0.2, 0.25) is 5.91 Å². The summed E-state index contributed by atoms with van der Waals surface area (Å²) in [6.07, 6.45) is 2.19. The number of amides is 1. The first kappa shape index (κ1) is 14.5. The van der Waals surface area contributed by atoms with Crippen LogP contribution in [0.25, 0.3) is 0 Å². The molecule has 0 spiro atoms. The van der Waals surface area contributed by atoms with Crippen LogP contribution in [-0.4, -0.2) is 20.3 Å². The number of anilines is 1. The largest absolute Gasteiger partial charge is 0.345 e. The number of nitrogens with one attached hydrogen (secondary N) is 1. The molecule has 0 saturated carbocycles. The maximum Gasteiger partial charge on any atom is 0.345 e. The molecule has 1 aromatic carbocycles. The van der Waals surface area contributed by atoms with Crippen molar-refractivity contribution >= 4 is 11.6 Å². The van der Waals surface area contributed by atoms with Crippen LogP contribution in [-0.2, 0) is 18.4 Å². The van der Waals surface area contributed by atoms with Crippen molar-refractivity contribution in [1.82, 2.24) is 14.3 Å². The molecule has 0 fully saturated rings. The van der Waals surface area contributed by atoms with Crippen LogP contribution in [0.2, 0.25) is 0 Å². The van der Waals surface area contributed by atoms with Gasteiger partial charge in [0.15, 0.2) is 0 Å². The summed E-state index contributed by atoms with van der Waals surface area (Å²) in [5.41, 5.74) is 0.719. The highest BCUT2D eigenvalue weighted by atomic mass is 16.2. The van der Waals surface area contributed by atoms with E-state index in [0.717, 1.165) is 0 Å². The van der Waals surface area contributed by atoms with Crippen LogP contribution in [0, 0.1) is 11.3 Å². The van der Waals surface area contributed by atoms with E-state index in [1.807, 2.05) is 6.07 Å². The molecule has 7 heteroatoms. The minimum absolute atomic E-state index is 0.193. The summed E-state index contributed by atoms with van der Waals surface area (Å²) >= 11 is 0. The molecule has 1 N–H and O–H groups in total. The summed E-state index contributed by atoms with van der Waals surface area (Å²) in [5.74, 6) is -0.193. The molecule has 0 radical (unpaired) electrons. The molecule has 0 aliphatic heterocycles. The van der Waals surface area contributed by atoms with Gasteiger partial charge in [-0.15, -0.1) is 0 Å². The summed E-state index contributed by atoms with van der Waals surface area (Å²) < 4.78 is 2.69. The Hall–Kier alpha value is -2.88. The highest BCUT2D eigenvalue weighted by Crippen LogP contribution is 2.13. The Bertz CT molecular complexity index is 738. The number of hydrogen-bond donors (Lipinski definition) is 1. The Morgan fingerprint density at radius 3 is 2.86 bits per heavy atom. The lowest BCUT2D eigenvalue weighted by Crippen LogP contribution is -2.23. The minimum atomic E-state index is -0.203. The molecule has 0 aliphatic rings. The summed E-state index contributed by atoms with van der Waals surface area (Å²) in [7, 11) is 1.62. The molecule has 0 saturated heterocycles. The summed E-state index contributed by atoms with van der Waals surface area (Å²) in [5, 5.41) is 15.5. The zero-order valence-corrected chi connectivity index (χ0v) is 11.6. The number of aromatic nitrogens is 3. The first-order valence-electron chi connectivity index (χ1n) is 6.49. The van der Waals surface area contributed by atoms with E-state index in [-0.39, 0.29) is 18.0 Å². The zero-order chi connectivity index (χ0) is 15.2. The lowest BCUT2D eigenvalue weighted by Gasteiger charge is -2.06. The number of rotatable bonds is 5. The Kier molecular flexibility index (Phi) is 4.51. The normalized spacial score (nSPS) is 10.1. The van der Waals surface area contributed by atoms with Crippen molar-refractivity contribution in [1.29, 1.82) is 5.26 Å². The third kappa shape index (κ3) is 3.57. The highest BCUT2D eigenvalue weighted by Gasteiger charge is 2.07. The van der Waals surface area contributed by atoms with Crippen molar-refractivity contribution in [2.24, 2.45) is 7.05 Å². The van der Waals surface area contributed by atoms with Gasteiger partial charge in [0.25, 0.3) is 0 Å². The van der Waals surface area contributed by atoms with E-state index >= 15 is 0 Å². The first-order valence-corrected chi connectivity index (χ1v) is 6.49. The molecular weight excluding hydrogens is 270 g/mol. The van der Waals surface area contributed by atoms with Crippen LogP contribution in [0.4, 0.5) is 5.69 Å². The number of nitrogens with zero attached hydrogens (tertiary/aromatic N) is 4. The van der Waals surface area contributed by atoms with Gasteiger partial charge >= 0.3 is 5.69 Å². The predicted molar refractivity (Wildman–Crippen MR) is 76.5 cm³/mol. The number of carbonyl (C=O) groups excluding carboxylic acids is 1. The van der Waals surface area contributed by atoms with E-state index in [1.54, 1.807) is 31.3 Å². The molecule has 108 valence electrons. The molecule has 0 aliphatic carbocycles. The second kappa shape index (κ2) is 6.52. The van der Waals surface area contributed by atoms with Crippen LogP contribution < -0.4 is 11.0 Å². The number of nitriles is 1. The van der Waals surface area contributed by atoms with Crippen LogP contribution in [0.5, 0.6) is 0 Å². The molecule has 2 aromatic rings. The van der Waals surface area contributed by atoms with Crippen molar-refractivity contribution in [3.8, 4) is 6.07 Å². The number of para-hydroxylation sites is 1. The SMILES string of the molecule is Cn1cnn(CCCC(=O)Nc2ccccc2C#N)c1=O. The van der Waals surface area contributed by atoms with Crippen molar-refractivity contribution in [3.63, 3.8) is 0 Å². The Labute approximate surface area is 121 Å². The summed E-state index contributed by atoms with van der Waals surface area (Å²) in [6.45, 7) is 0.382. The van der Waals surface area contributed by atoms with Gasteiger partial charge in [0, 0.05) is 20.0 Å². The van der Waals surface area contributed by atoms with E-state index < -0.39 is 0 Å². The van der Waals surface area contributed by atoms with E-state index in [9.17, 15) is 9.59 Å². The molecule has 21 heavy (non-hydrogen) atoms. The smallest absolute Gasteiger partial charge is 0.325 e. The molecule has 0 bridgehead atoms. The molecule has 2 rings (SSSR count). The van der Waals surface area contributed by atoms with Gasteiger partial charge in [-0.3, -0.25) is 9.36 Å². The van der Waals surface area contributed by atoms with Gasteiger partial charge in [-0.25, -0.2) is 9.48 Å². The van der Waals surface area contributed by atoms with Crippen LogP contribution in [0.15, 0.2) is 35.4 Å². The number of benzene rings is 1. The molecular formula is C14H15N5O2. The average Bonchev–Trinajstić information content (AvgIpc) is 2.80. The number of hydrogen-bond acceptors (Lipinski definition) is 4. The van der Waals surface area contributed by atoms with Gasteiger partial charge in [-0.2, -0.15) is 10.4 Å². The molecule has 7 nitrogen and oxygen atoms in total. The monoisotopic (exact) mass is 285 g/mol. The van der Waals surface area contributed by atoms with Crippen LogP contribution in [0.1, 0.15) is 18.4 Å². The van der Waals surface area contributed by atoms with Gasteiger partial charge in [-0.05, 0) is 18.6 Å². The molecule has 1 amide bonds. The van der Waals surface area contributed by atoms with Crippen molar-refractivity contribution in [3.05, 3.63) is 46.6 Å². The quantitative estimate of drug-likeness (QED) is 0.882. The third-order valence-corrected chi connectivity index (χ3v) is 2.98. The van der Waals surface area contributed by atoms with Crippen molar-refractivity contribution < 1.29 is 4.79 Å². The second-order valence-electron chi connectivity index (χ2n) is 4.56. The first-order chi connectivity index (χ1) is 10.1. The molecule has 0 unspecified atom stereocenters. The molecule has 1 aromatic heterocycles. The fraction of sp³-hybridized carbons (Fsp3) is 0.286. The van der Waals surface area contributed by atoms with E-state index in [2.05, 4.69) is 10.4 Å². The lowest BCUT2D eigenvalue weighted by molar-refractivity contribution is -0.116. The number of aryl methyl sites for hydroxylation is 2. The topological polar surface area (TPSA) is 92.7 Å².